The van der Waals surface area contributed by atoms with E-state index in [4.69, 9.17) is 0 Å². The van der Waals surface area contributed by atoms with Gasteiger partial charge in [0, 0.05) is 37.0 Å². The number of sulfonamides is 1. The first-order valence-corrected chi connectivity index (χ1v) is 10.5. The molecule has 2 N–H and O–H groups in total. The molecule has 1 unspecified atom stereocenters. The van der Waals surface area contributed by atoms with Crippen molar-refractivity contribution >= 4 is 21.4 Å². The maximum Gasteiger partial charge on any atom is 0.270 e. The highest BCUT2D eigenvalue weighted by Gasteiger charge is 2.32. The van der Waals surface area contributed by atoms with Crippen LogP contribution in [0.4, 0.5) is 11.4 Å². The number of anilines is 1. The lowest BCUT2D eigenvalue weighted by atomic mass is 9.93. The van der Waals surface area contributed by atoms with E-state index >= 15 is 0 Å². The van der Waals surface area contributed by atoms with Crippen molar-refractivity contribution < 1.29 is 13.3 Å². The number of aromatic nitrogens is 2. The van der Waals surface area contributed by atoms with Crippen molar-refractivity contribution in [1.82, 2.24) is 14.5 Å². The third-order valence-electron chi connectivity index (χ3n) is 5.24. The molecule has 0 amide bonds. The molecule has 1 fully saturated rings. The predicted octanol–water partition coefficient (Wildman–Crippen LogP) is 2.07. The lowest BCUT2D eigenvalue weighted by molar-refractivity contribution is -0.385. The van der Waals surface area contributed by atoms with Crippen LogP contribution >= 0.6 is 0 Å². The molecule has 0 spiro atoms. The number of non-ortho nitro benzene ring substituents is 1. The molecule has 10 heteroatoms. The number of benzene rings is 1. The lowest BCUT2D eigenvalue weighted by Gasteiger charge is -2.26. The van der Waals surface area contributed by atoms with Gasteiger partial charge in [-0.3, -0.25) is 15.2 Å². The van der Waals surface area contributed by atoms with Crippen molar-refractivity contribution in [2.75, 3.05) is 18.4 Å². The van der Waals surface area contributed by atoms with Crippen LogP contribution < -0.4 is 5.32 Å². The number of aryl methyl sites for hydroxylation is 1. The van der Waals surface area contributed by atoms with Crippen LogP contribution in [-0.2, 0) is 22.9 Å². The fourth-order valence-corrected chi connectivity index (χ4v) is 5.48. The van der Waals surface area contributed by atoms with Crippen LogP contribution in [0.15, 0.2) is 29.3 Å². The fraction of sp³-hybridized carbons (Fsp3) is 0.471. The van der Waals surface area contributed by atoms with Crippen LogP contribution in [0.3, 0.4) is 0 Å². The summed E-state index contributed by atoms with van der Waals surface area (Å²) in [5, 5.41) is 21.5. The van der Waals surface area contributed by atoms with Gasteiger partial charge in [-0.2, -0.15) is 9.40 Å². The first kappa shape index (κ1) is 17.9. The number of H-pyrrole nitrogens is 1. The molecule has 1 aromatic heterocycles. The number of hydrogen-bond acceptors (Lipinski definition) is 6. The molecule has 27 heavy (non-hydrogen) atoms. The molecule has 2 aromatic rings. The predicted molar refractivity (Wildman–Crippen MR) is 99.1 cm³/mol. The van der Waals surface area contributed by atoms with Gasteiger partial charge in [-0.05, 0) is 43.7 Å². The van der Waals surface area contributed by atoms with Gasteiger partial charge < -0.3 is 5.32 Å². The maximum absolute atomic E-state index is 13.1. The molecule has 0 radical (unpaired) electrons. The fourth-order valence-electron chi connectivity index (χ4n) is 3.78. The molecule has 1 saturated heterocycles. The number of nitrogens with one attached hydrogen (secondary N) is 2. The molecule has 144 valence electrons. The van der Waals surface area contributed by atoms with Gasteiger partial charge >= 0.3 is 0 Å². The minimum absolute atomic E-state index is 0.0170. The van der Waals surface area contributed by atoms with Crippen molar-refractivity contribution in [3.8, 4) is 0 Å². The molecule has 1 aromatic carbocycles. The van der Waals surface area contributed by atoms with Crippen LogP contribution in [0.1, 0.15) is 30.5 Å². The molecule has 2 aliphatic rings. The first-order valence-electron chi connectivity index (χ1n) is 9.01. The molecule has 2 heterocycles. The van der Waals surface area contributed by atoms with Gasteiger partial charge in [0.05, 0.1) is 16.8 Å². The van der Waals surface area contributed by atoms with Gasteiger partial charge in [0.2, 0.25) is 10.0 Å². The number of nitro groups is 1. The third-order valence-corrected chi connectivity index (χ3v) is 7.17. The normalized spacial score (nSPS) is 20.4. The lowest BCUT2D eigenvalue weighted by Crippen LogP contribution is -2.31. The number of rotatable bonds is 5. The summed E-state index contributed by atoms with van der Waals surface area (Å²) in [6, 6.07) is 4.06. The summed E-state index contributed by atoms with van der Waals surface area (Å²) in [7, 11) is -3.78. The molecular formula is C17H21N5O4S. The summed E-state index contributed by atoms with van der Waals surface area (Å²) in [5.74, 6) is 0. The highest BCUT2D eigenvalue weighted by molar-refractivity contribution is 7.89. The Morgan fingerprint density at radius 1 is 1.30 bits per heavy atom. The van der Waals surface area contributed by atoms with Gasteiger partial charge in [0.1, 0.15) is 4.90 Å². The van der Waals surface area contributed by atoms with E-state index < -0.39 is 14.9 Å². The molecule has 1 aliphatic heterocycles. The SMILES string of the molecule is O=[N+]([O-])c1ccc(NC2CCc3[nH]ncc3C2)c(S(=O)(=O)N2CCCC2)c1. The van der Waals surface area contributed by atoms with E-state index in [0.29, 0.717) is 18.8 Å². The highest BCUT2D eigenvalue weighted by atomic mass is 32.2. The van der Waals surface area contributed by atoms with Crippen molar-refractivity contribution in [3.05, 3.63) is 45.8 Å². The van der Waals surface area contributed by atoms with E-state index in [1.54, 1.807) is 6.20 Å². The Hall–Kier alpha value is -2.46. The number of aromatic amines is 1. The van der Waals surface area contributed by atoms with Crippen LogP contribution in [0.2, 0.25) is 0 Å². The zero-order chi connectivity index (χ0) is 19.0. The van der Waals surface area contributed by atoms with E-state index in [1.807, 2.05) is 0 Å². The summed E-state index contributed by atoms with van der Waals surface area (Å²) in [6.45, 7) is 0.901. The molecule has 0 saturated carbocycles. The Balaban J connectivity index is 1.67. The number of nitro benzene ring substituents is 1. The minimum atomic E-state index is -3.78. The highest BCUT2D eigenvalue weighted by Crippen LogP contribution is 2.32. The average molecular weight is 391 g/mol. The Bertz CT molecular complexity index is 965. The summed E-state index contributed by atoms with van der Waals surface area (Å²) < 4.78 is 27.6. The Morgan fingerprint density at radius 2 is 2.07 bits per heavy atom. The van der Waals surface area contributed by atoms with E-state index in [2.05, 4.69) is 15.5 Å². The number of fused-ring (bicyclic) bond motifs is 1. The van der Waals surface area contributed by atoms with E-state index in [1.165, 1.54) is 22.5 Å². The van der Waals surface area contributed by atoms with Gasteiger partial charge in [-0.1, -0.05) is 0 Å². The molecule has 0 bridgehead atoms. The van der Waals surface area contributed by atoms with Crippen LogP contribution in [0.25, 0.3) is 0 Å². The molecule has 9 nitrogen and oxygen atoms in total. The largest absolute Gasteiger partial charge is 0.381 e. The van der Waals surface area contributed by atoms with Gasteiger partial charge in [-0.15, -0.1) is 0 Å². The van der Waals surface area contributed by atoms with E-state index in [-0.39, 0.29) is 16.6 Å². The molecule has 4 rings (SSSR count). The Morgan fingerprint density at radius 3 is 2.81 bits per heavy atom. The van der Waals surface area contributed by atoms with Crippen LogP contribution in [0, 0.1) is 10.1 Å². The van der Waals surface area contributed by atoms with Gasteiger partial charge in [0.25, 0.3) is 5.69 Å². The average Bonchev–Trinajstić information content (AvgIpc) is 3.33. The number of hydrogen-bond donors (Lipinski definition) is 2. The molecule has 1 aliphatic carbocycles. The molecular weight excluding hydrogens is 370 g/mol. The minimum Gasteiger partial charge on any atom is -0.381 e. The second-order valence-electron chi connectivity index (χ2n) is 7.01. The van der Waals surface area contributed by atoms with Crippen molar-refractivity contribution in [2.45, 2.75) is 43.0 Å². The quantitative estimate of drug-likeness (QED) is 0.594. The zero-order valence-electron chi connectivity index (χ0n) is 14.7. The summed E-state index contributed by atoms with van der Waals surface area (Å²) >= 11 is 0. The zero-order valence-corrected chi connectivity index (χ0v) is 15.5. The smallest absolute Gasteiger partial charge is 0.270 e. The maximum atomic E-state index is 13.1. The van der Waals surface area contributed by atoms with Gasteiger partial charge in [-0.25, -0.2) is 8.42 Å². The second-order valence-corrected chi connectivity index (χ2v) is 8.91. The van der Waals surface area contributed by atoms with Crippen molar-refractivity contribution in [2.24, 2.45) is 0 Å². The number of nitrogens with zero attached hydrogens (tertiary/aromatic N) is 3. The third kappa shape index (κ3) is 3.42. The second kappa shape index (κ2) is 6.93. The Kier molecular flexibility index (Phi) is 4.60. The van der Waals surface area contributed by atoms with E-state index in [0.717, 1.165) is 43.4 Å². The van der Waals surface area contributed by atoms with Gasteiger partial charge in [0.15, 0.2) is 0 Å². The standard InChI is InChI=1S/C17H21N5O4S/c23-22(24)14-4-6-16(17(10-14)27(25,26)21-7-1-2-8-21)19-13-3-5-15-12(9-13)11-18-20-15/h4,6,10-11,13,19H,1-3,5,7-9H2,(H,18,20). The van der Waals surface area contributed by atoms with Crippen LogP contribution in [0.5, 0.6) is 0 Å². The van der Waals surface area contributed by atoms with E-state index in [9.17, 15) is 18.5 Å². The molecule has 1 atom stereocenters. The summed E-state index contributed by atoms with van der Waals surface area (Å²) in [6.07, 6.45) is 5.79. The van der Waals surface area contributed by atoms with Crippen LogP contribution in [-0.4, -0.2) is 47.0 Å². The summed E-state index contributed by atoms with van der Waals surface area (Å²) in [4.78, 5) is 10.6. The first-order chi connectivity index (χ1) is 12.9. The Labute approximate surface area is 157 Å². The van der Waals surface area contributed by atoms with Crippen molar-refractivity contribution in [1.29, 1.82) is 0 Å². The van der Waals surface area contributed by atoms with Crippen molar-refractivity contribution in [3.63, 3.8) is 0 Å². The topological polar surface area (TPSA) is 121 Å². The monoisotopic (exact) mass is 391 g/mol. The summed E-state index contributed by atoms with van der Waals surface area (Å²) in [5.41, 5.74) is 2.43.